The largest absolute Gasteiger partial charge is 0.493 e. The molecule has 0 saturated heterocycles. The third-order valence-corrected chi connectivity index (χ3v) is 2.62. The Labute approximate surface area is 99.3 Å². The predicted molar refractivity (Wildman–Crippen MR) is 61.1 cm³/mol. The Hall–Kier alpha value is -1.75. The quantitative estimate of drug-likeness (QED) is 0.806. The second-order valence-corrected chi connectivity index (χ2v) is 3.80. The van der Waals surface area contributed by atoms with Crippen molar-refractivity contribution in [2.45, 2.75) is 12.5 Å². The monoisotopic (exact) mass is 237 g/mol. The van der Waals surface area contributed by atoms with E-state index in [4.69, 9.17) is 9.47 Å². The van der Waals surface area contributed by atoms with Crippen molar-refractivity contribution < 1.29 is 19.4 Å². The zero-order valence-electron chi connectivity index (χ0n) is 9.60. The van der Waals surface area contributed by atoms with Crippen molar-refractivity contribution in [3.05, 3.63) is 23.8 Å². The fourth-order valence-electron chi connectivity index (χ4n) is 1.65. The lowest BCUT2D eigenvalue weighted by Gasteiger charge is -2.07. The van der Waals surface area contributed by atoms with Gasteiger partial charge in [-0.25, -0.2) is 0 Å². The van der Waals surface area contributed by atoms with Crippen molar-refractivity contribution >= 4 is 5.91 Å². The van der Waals surface area contributed by atoms with Gasteiger partial charge in [0.1, 0.15) is 24.2 Å². The van der Waals surface area contributed by atoms with Crippen molar-refractivity contribution in [1.29, 1.82) is 0 Å². The van der Waals surface area contributed by atoms with Gasteiger partial charge in [0.15, 0.2) is 0 Å². The van der Waals surface area contributed by atoms with Gasteiger partial charge >= 0.3 is 0 Å². The fraction of sp³-hybridized carbons (Fsp3) is 0.417. The van der Waals surface area contributed by atoms with E-state index < -0.39 is 6.10 Å². The van der Waals surface area contributed by atoms with Gasteiger partial charge in [0.2, 0.25) is 5.91 Å². The molecular formula is C12H15NO4. The molecule has 0 saturated carbocycles. The van der Waals surface area contributed by atoms with Crippen LogP contribution in [0.1, 0.15) is 18.1 Å². The summed E-state index contributed by atoms with van der Waals surface area (Å²) >= 11 is 0. The molecule has 1 atom stereocenters. The zero-order valence-corrected chi connectivity index (χ0v) is 9.60. The number of nitrogens with one attached hydrogen (secondary N) is 1. The highest BCUT2D eigenvalue weighted by atomic mass is 16.5. The average molecular weight is 237 g/mol. The number of hydrogen-bond acceptors (Lipinski definition) is 4. The highest BCUT2D eigenvalue weighted by molar-refractivity contribution is 5.75. The number of carbonyl (C=O) groups excluding carboxylic acids is 1. The molecule has 5 heteroatoms. The lowest BCUT2D eigenvalue weighted by molar-refractivity contribution is -0.121. The van der Waals surface area contributed by atoms with Crippen LogP contribution in [0.3, 0.4) is 0 Å². The summed E-state index contributed by atoms with van der Waals surface area (Å²) in [4.78, 5) is 11.0. The number of carbonyl (C=O) groups is 1. The lowest BCUT2D eigenvalue weighted by atomic mass is 10.1. The van der Waals surface area contributed by atoms with Gasteiger partial charge in [0.25, 0.3) is 0 Å². The van der Waals surface area contributed by atoms with E-state index in [1.165, 1.54) is 0 Å². The van der Waals surface area contributed by atoms with Crippen LogP contribution in [-0.2, 0) is 4.79 Å². The molecule has 92 valence electrons. The van der Waals surface area contributed by atoms with Crippen molar-refractivity contribution in [3.8, 4) is 11.5 Å². The van der Waals surface area contributed by atoms with Crippen LogP contribution in [-0.4, -0.2) is 31.3 Å². The van der Waals surface area contributed by atoms with Crippen LogP contribution in [0.4, 0.5) is 0 Å². The van der Waals surface area contributed by atoms with Crippen molar-refractivity contribution in [1.82, 2.24) is 5.32 Å². The van der Waals surface area contributed by atoms with Gasteiger partial charge in [-0.05, 0) is 12.1 Å². The molecule has 0 spiro atoms. The van der Waals surface area contributed by atoms with Gasteiger partial charge in [-0.3, -0.25) is 4.79 Å². The average Bonchev–Trinajstić information content (AvgIpc) is 2.70. The molecule has 0 fully saturated rings. The maximum absolute atomic E-state index is 11.0. The standard InChI is InChI=1S/C12H15NO4/c1-13-12(15)4-5-16-8-2-3-9-10(14)7-17-11(9)6-8/h2-3,6,10,14H,4-5,7H2,1H3,(H,13,15). The van der Waals surface area contributed by atoms with Crippen LogP contribution in [0.15, 0.2) is 18.2 Å². The molecule has 1 amide bonds. The number of rotatable bonds is 4. The maximum atomic E-state index is 11.0. The molecule has 5 nitrogen and oxygen atoms in total. The maximum Gasteiger partial charge on any atom is 0.223 e. The van der Waals surface area contributed by atoms with E-state index in [-0.39, 0.29) is 12.5 Å². The molecule has 1 aliphatic heterocycles. The molecule has 17 heavy (non-hydrogen) atoms. The molecule has 1 aromatic carbocycles. The minimum atomic E-state index is -0.551. The number of hydrogen-bond donors (Lipinski definition) is 2. The Morgan fingerprint density at radius 1 is 1.65 bits per heavy atom. The third kappa shape index (κ3) is 2.68. The number of aliphatic hydroxyl groups is 1. The minimum absolute atomic E-state index is 0.0576. The Bertz CT molecular complexity index is 419. The van der Waals surface area contributed by atoms with Crippen LogP contribution in [0.25, 0.3) is 0 Å². The summed E-state index contributed by atoms with van der Waals surface area (Å²) in [5, 5.41) is 12.1. The fourth-order valence-corrected chi connectivity index (χ4v) is 1.65. The summed E-state index contributed by atoms with van der Waals surface area (Å²) in [5.41, 5.74) is 0.781. The number of fused-ring (bicyclic) bond motifs is 1. The smallest absolute Gasteiger partial charge is 0.223 e. The van der Waals surface area contributed by atoms with Crippen LogP contribution in [0, 0.1) is 0 Å². The molecule has 0 radical (unpaired) electrons. The van der Waals surface area contributed by atoms with Crippen LogP contribution < -0.4 is 14.8 Å². The molecule has 0 aliphatic carbocycles. The third-order valence-electron chi connectivity index (χ3n) is 2.62. The zero-order chi connectivity index (χ0) is 12.3. The predicted octanol–water partition coefficient (Wildman–Crippen LogP) is 0.627. The van der Waals surface area contributed by atoms with E-state index in [9.17, 15) is 9.90 Å². The summed E-state index contributed by atoms with van der Waals surface area (Å²) in [6.07, 6.45) is -0.234. The summed E-state index contributed by atoms with van der Waals surface area (Å²) in [5.74, 6) is 1.23. The molecule has 1 unspecified atom stereocenters. The van der Waals surface area contributed by atoms with Gasteiger partial charge in [0.05, 0.1) is 13.0 Å². The molecular weight excluding hydrogens is 222 g/mol. The topological polar surface area (TPSA) is 67.8 Å². The lowest BCUT2D eigenvalue weighted by Crippen LogP contribution is -2.20. The summed E-state index contributed by atoms with van der Waals surface area (Å²) in [6.45, 7) is 0.609. The molecule has 0 aromatic heterocycles. The number of ether oxygens (including phenoxy) is 2. The van der Waals surface area contributed by atoms with E-state index in [1.54, 1.807) is 25.2 Å². The van der Waals surface area contributed by atoms with Crippen molar-refractivity contribution in [2.24, 2.45) is 0 Å². The Morgan fingerprint density at radius 3 is 3.24 bits per heavy atom. The Morgan fingerprint density at radius 2 is 2.47 bits per heavy atom. The second kappa shape index (κ2) is 5.05. The SMILES string of the molecule is CNC(=O)CCOc1ccc2c(c1)OCC2O. The number of amides is 1. The first kappa shape index (κ1) is 11.7. The van der Waals surface area contributed by atoms with E-state index >= 15 is 0 Å². The first-order valence-corrected chi connectivity index (χ1v) is 5.49. The first-order chi connectivity index (χ1) is 8.20. The second-order valence-electron chi connectivity index (χ2n) is 3.80. The summed E-state index contributed by atoms with van der Waals surface area (Å²) in [6, 6.07) is 5.28. The molecule has 1 aromatic rings. The normalized spacial score (nSPS) is 17.2. The van der Waals surface area contributed by atoms with Crippen LogP contribution in [0.5, 0.6) is 11.5 Å². The van der Waals surface area contributed by atoms with Crippen LogP contribution >= 0.6 is 0 Å². The first-order valence-electron chi connectivity index (χ1n) is 5.49. The van der Waals surface area contributed by atoms with Gasteiger partial charge in [-0.2, -0.15) is 0 Å². The summed E-state index contributed by atoms with van der Waals surface area (Å²) in [7, 11) is 1.59. The molecule has 2 rings (SSSR count). The van der Waals surface area contributed by atoms with Crippen molar-refractivity contribution in [3.63, 3.8) is 0 Å². The van der Waals surface area contributed by atoms with E-state index in [2.05, 4.69) is 5.32 Å². The van der Waals surface area contributed by atoms with Crippen LogP contribution in [0.2, 0.25) is 0 Å². The van der Waals surface area contributed by atoms with Gasteiger partial charge in [0, 0.05) is 18.7 Å². The van der Waals surface area contributed by atoms with Gasteiger partial charge in [-0.1, -0.05) is 0 Å². The van der Waals surface area contributed by atoms with E-state index in [0.717, 1.165) is 5.56 Å². The molecule has 1 heterocycles. The highest BCUT2D eigenvalue weighted by Crippen LogP contribution is 2.34. The molecule has 1 aliphatic rings. The Balaban J connectivity index is 1.92. The van der Waals surface area contributed by atoms with Gasteiger partial charge in [-0.15, -0.1) is 0 Å². The Kier molecular flexibility index (Phi) is 3.49. The van der Waals surface area contributed by atoms with Gasteiger partial charge < -0.3 is 19.9 Å². The van der Waals surface area contributed by atoms with E-state index in [1.807, 2.05) is 0 Å². The number of benzene rings is 1. The molecule has 0 bridgehead atoms. The van der Waals surface area contributed by atoms with Crippen molar-refractivity contribution in [2.75, 3.05) is 20.3 Å². The highest BCUT2D eigenvalue weighted by Gasteiger charge is 2.21. The van der Waals surface area contributed by atoms with E-state index in [0.29, 0.717) is 24.5 Å². The minimum Gasteiger partial charge on any atom is -0.493 e. The summed E-state index contributed by atoms with van der Waals surface area (Å²) < 4.78 is 10.7. The molecule has 2 N–H and O–H groups in total. The number of aliphatic hydroxyl groups excluding tert-OH is 1.